The molecule has 1 aromatic rings. The summed E-state index contributed by atoms with van der Waals surface area (Å²) in [7, 11) is 1.50. The Balaban J connectivity index is 2.40. The van der Waals surface area contributed by atoms with Crippen molar-refractivity contribution < 1.29 is 33.4 Å². The van der Waals surface area contributed by atoms with Crippen LogP contribution < -0.4 is 4.74 Å². The molecule has 2 rings (SSSR count). The molecule has 1 aliphatic rings. The molecule has 1 heterocycles. The second-order valence-electron chi connectivity index (χ2n) is 8.61. The van der Waals surface area contributed by atoms with Gasteiger partial charge < -0.3 is 19.1 Å². The third kappa shape index (κ3) is 5.66. The number of amides is 3. The number of nitrogens with zero attached hydrogens (tertiary/aromatic N) is 2. The van der Waals surface area contributed by atoms with Crippen molar-refractivity contribution >= 4 is 23.9 Å². The van der Waals surface area contributed by atoms with Gasteiger partial charge in [0.25, 0.3) is 5.91 Å². The molecule has 1 aromatic carbocycles. The summed E-state index contributed by atoms with van der Waals surface area (Å²) in [4.78, 5) is 54.4. The van der Waals surface area contributed by atoms with Crippen LogP contribution in [0.1, 0.15) is 38.1 Å². The van der Waals surface area contributed by atoms with E-state index in [1.165, 1.54) is 37.1 Å². The van der Waals surface area contributed by atoms with Gasteiger partial charge in [-0.1, -0.05) is 12.7 Å². The highest BCUT2D eigenvalue weighted by Crippen LogP contribution is 2.29. The molecular weight excluding hydrogens is 416 g/mol. The molecule has 174 valence electrons. The molecule has 0 spiro atoms. The number of rotatable bonds is 5. The van der Waals surface area contributed by atoms with Crippen LogP contribution in [0.5, 0.6) is 5.75 Å². The van der Waals surface area contributed by atoms with E-state index in [2.05, 4.69) is 6.58 Å². The molecule has 1 fully saturated rings. The number of imide groups is 1. The maximum absolute atomic E-state index is 13.4. The summed E-state index contributed by atoms with van der Waals surface area (Å²) in [5, 5.41) is 0. The van der Waals surface area contributed by atoms with E-state index in [1.807, 2.05) is 0 Å². The first-order valence-corrected chi connectivity index (χ1v) is 10.2. The Hall–Kier alpha value is -3.36. The van der Waals surface area contributed by atoms with Gasteiger partial charge in [-0.25, -0.2) is 4.79 Å². The van der Waals surface area contributed by atoms with Gasteiger partial charge in [0.2, 0.25) is 5.91 Å². The van der Waals surface area contributed by atoms with Crippen molar-refractivity contribution in [3.8, 4) is 5.75 Å². The lowest BCUT2D eigenvalue weighted by atomic mass is 9.88. The summed E-state index contributed by atoms with van der Waals surface area (Å²) < 4.78 is 15.7. The smallest absolute Gasteiger partial charge is 0.410 e. The maximum atomic E-state index is 13.4. The average Bonchev–Trinajstić information content (AvgIpc) is 2.87. The Morgan fingerprint density at radius 1 is 1.16 bits per heavy atom. The number of hydrogen-bond donors (Lipinski definition) is 0. The first-order valence-electron chi connectivity index (χ1n) is 10.2. The lowest BCUT2D eigenvalue weighted by molar-refractivity contribution is -0.161. The van der Waals surface area contributed by atoms with Crippen molar-refractivity contribution in [1.29, 1.82) is 0 Å². The highest BCUT2D eigenvalue weighted by atomic mass is 16.6. The van der Waals surface area contributed by atoms with Gasteiger partial charge in [0, 0.05) is 25.2 Å². The minimum absolute atomic E-state index is 0.00682. The van der Waals surface area contributed by atoms with Gasteiger partial charge in [-0.2, -0.15) is 0 Å². The zero-order chi connectivity index (χ0) is 24.1. The van der Waals surface area contributed by atoms with Crippen LogP contribution in [-0.4, -0.2) is 72.6 Å². The SMILES string of the molecule is C=CCOC(=O)C1(C)CN(C(=O)OC(C)(C)C)CCN(C(=O)c2ccc(OC)cc2)C1=O. The molecule has 0 aromatic heterocycles. The van der Waals surface area contributed by atoms with Crippen LogP contribution in [0.3, 0.4) is 0 Å². The molecular formula is C23H30N2O7. The van der Waals surface area contributed by atoms with Gasteiger partial charge in [-0.05, 0) is 52.0 Å². The number of methoxy groups -OCH3 is 1. The van der Waals surface area contributed by atoms with Crippen molar-refractivity contribution in [3.63, 3.8) is 0 Å². The predicted octanol–water partition coefficient (Wildman–Crippen LogP) is 2.65. The highest BCUT2D eigenvalue weighted by molar-refractivity contribution is 6.12. The van der Waals surface area contributed by atoms with E-state index in [1.54, 1.807) is 32.9 Å². The molecule has 1 unspecified atom stereocenters. The van der Waals surface area contributed by atoms with Gasteiger partial charge in [-0.3, -0.25) is 19.3 Å². The molecule has 0 aliphatic carbocycles. The van der Waals surface area contributed by atoms with Gasteiger partial charge >= 0.3 is 12.1 Å². The van der Waals surface area contributed by atoms with Crippen LogP contribution in [0.4, 0.5) is 4.79 Å². The van der Waals surface area contributed by atoms with Gasteiger partial charge in [0.1, 0.15) is 18.0 Å². The minimum Gasteiger partial charge on any atom is -0.497 e. The quantitative estimate of drug-likeness (QED) is 0.296. The van der Waals surface area contributed by atoms with Crippen LogP contribution in [0.25, 0.3) is 0 Å². The van der Waals surface area contributed by atoms with Crippen molar-refractivity contribution in [2.24, 2.45) is 5.41 Å². The lowest BCUT2D eigenvalue weighted by Gasteiger charge is -2.31. The van der Waals surface area contributed by atoms with Crippen LogP contribution in [0.2, 0.25) is 0 Å². The summed E-state index contributed by atoms with van der Waals surface area (Å²) in [5.41, 5.74) is -2.34. The Morgan fingerprint density at radius 3 is 2.31 bits per heavy atom. The summed E-state index contributed by atoms with van der Waals surface area (Å²) in [6, 6.07) is 6.25. The van der Waals surface area contributed by atoms with E-state index in [0.29, 0.717) is 5.75 Å². The molecule has 0 saturated carbocycles. The van der Waals surface area contributed by atoms with E-state index in [-0.39, 0.29) is 31.8 Å². The third-order valence-electron chi connectivity index (χ3n) is 4.83. The fourth-order valence-electron chi connectivity index (χ4n) is 3.16. The molecule has 1 aliphatic heterocycles. The molecule has 9 nitrogen and oxygen atoms in total. The molecule has 1 atom stereocenters. The monoisotopic (exact) mass is 446 g/mol. The summed E-state index contributed by atoms with van der Waals surface area (Å²) in [6.07, 6.45) is 0.681. The summed E-state index contributed by atoms with van der Waals surface area (Å²) >= 11 is 0. The average molecular weight is 447 g/mol. The van der Waals surface area contributed by atoms with Crippen LogP contribution in [0.15, 0.2) is 36.9 Å². The van der Waals surface area contributed by atoms with E-state index in [9.17, 15) is 19.2 Å². The second-order valence-corrected chi connectivity index (χ2v) is 8.61. The van der Waals surface area contributed by atoms with E-state index >= 15 is 0 Å². The predicted molar refractivity (Wildman–Crippen MR) is 116 cm³/mol. The maximum Gasteiger partial charge on any atom is 0.410 e. The number of ether oxygens (including phenoxy) is 3. The molecule has 9 heteroatoms. The molecule has 0 bridgehead atoms. The minimum atomic E-state index is -1.81. The van der Waals surface area contributed by atoms with Crippen LogP contribution in [-0.2, 0) is 19.1 Å². The van der Waals surface area contributed by atoms with E-state index in [0.717, 1.165) is 4.90 Å². The van der Waals surface area contributed by atoms with Crippen molar-refractivity contribution in [1.82, 2.24) is 9.80 Å². The van der Waals surface area contributed by atoms with Gasteiger partial charge in [-0.15, -0.1) is 0 Å². The van der Waals surface area contributed by atoms with Gasteiger partial charge in [0.05, 0.1) is 7.11 Å². The highest BCUT2D eigenvalue weighted by Gasteiger charge is 2.51. The standard InChI is InChI=1S/C23H30N2O7/c1-7-14-31-20(28)23(5)15-24(21(29)32-22(2,3)4)12-13-25(19(23)27)18(26)16-8-10-17(30-6)11-9-16/h7-11H,1,12-15H2,2-6H3. The Labute approximate surface area is 187 Å². The molecule has 0 N–H and O–H groups in total. The molecule has 1 saturated heterocycles. The van der Waals surface area contributed by atoms with Crippen molar-refractivity contribution in [2.75, 3.05) is 33.4 Å². The van der Waals surface area contributed by atoms with Crippen molar-refractivity contribution in [3.05, 3.63) is 42.5 Å². The normalized spacial score (nSPS) is 19.1. The van der Waals surface area contributed by atoms with Crippen LogP contribution in [0, 0.1) is 5.41 Å². The van der Waals surface area contributed by atoms with Crippen LogP contribution >= 0.6 is 0 Å². The van der Waals surface area contributed by atoms with E-state index < -0.39 is 34.9 Å². The van der Waals surface area contributed by atoms with Gasteiger partial charge in [0.15, 0.2) is 5.41 Å². The zero-order valence-corrected chi connectivity index (χ0v) is 19.2. The third-order valence-corrected chi connectivity index (χ3v) is 4.83. The zero-order valence-electron chi connectivity index (χ0n) is 19.2. The number of hydrogen-bond acceptors (Lipinski definition) is 7. The number of benzene rings is 1. The van der Waals surface area contributed by atoms with Crippen molar-refractivity contribution in [2.45, 2.75) is 33.3 Å². The number of carbonyl (C=O) groups is 4. The summed E-state index contributed by atoms with van der Waals surface area (Å²) in [6.45, 7) is 9.50. The molecule has 0 radical (unpaired) electrons. The topological polar surface area (TPSA) is 102 Å². The molecule has 3 amide bonds. The first kappa shape index (κ1) is 24.9. The second kappa shape index (κ2) is 9.84. The lowest BCUT2D eigenvalue weighted by Crippen LogP contribution is -2.52. The fourth-order valence-corrected chi connectivity index (χ4v) is 3.16. The first-order chi connectivity index (χ1) is 14.9. The number of carbonyl (C=O) groups excluding carboxylic acids is 4. The Morgan fingerprint density at radius 2 is 1.78 bits per heavy atom. The largest absolute Gasteiger partial charge is 0.497 e. The Kier molecular flexibility index (Phi) is 7.66. The molecule has 32 heavy (non-hydrogen) atoms. The summed E-state index contributed by atoms with van der Waals surface area (Å²) in [5.74, 6) is -1.65. The Bertz CT molecular complexity index is 889. The van der Waals surface area contributed by atoms with E-state index in [4.69, 9.17) is 14.2 Å². The fraction of sp³-hybridized carbons (Fsp3) is 0.478. The number of esters is 1.